The van der Waals surface area contributed by atoms with Gasteiger partial charge in [0.1, 0.15) is 0 Å². The summed E-state index contributed by atoms with van der Waals surface area (Å²) in [5, 5.41) is 2.59. The molecule has 0 aliphatic carbocycles. The SMILES string of the molecule is CCCCCCCCCCCCC(=O)O[C@@H](C(=O)CCCN)[C@@H](OC(=O)CCCCCCCCCCCC)C(=O)NCCN. The molecule has 0 bridgehead atoms. The number of ether oxygens (including phenoxy) is 2. The summed E-state index contributed by atoms with van der Waals surface area (Å²) in [5.74, 6) is -2.32. The van der Waals surface area contributed by atoms with Crippen LogP contribution in [0.15, 0.2) is 0 Å². The number of nitrogens with two attached hydrogens (primary N) is 2. The van der Waals surface area contributed by atoms with Gasteiger partial charge in [0.25, 0.3) is 5.91 Å². The third kappa shape index (κ3) is 24.3. The van der Waals surface area contributed by atoms with Crippen LogP contribution in [0.5, 0.6) is 0 Å². The maximum Gasteiger partial charge on any atom is 0.306 e. The Morgan fingerprint density at radius 1 is 0.500 bits per heavy atom. The lowest BCUT2D eigenvalue weighted by atomic mass is 10.0. The van der Waals surface area contributed by atoms with Gasteiger partial charge in [-0.25, -0.2) is 0 Å². The summed E-state index contributed by atoms with van der Waals surface area (Å²) in [6.45, 7) is 5.02. The largest absolute Gasteiger partial charge is 0.450 e. The summed E-state index contributed by atoms with van der Waals surface area (Å²) >= 11 is 0. The Morgan fingerprint density at radius 2 is 0.886 bits per heavy atom. The second kappa shape index (κ2) is 31.0. The minimum absolute atomic E-state index is 0.0172. The molecule has 0 radical (unpaired) electrons. The Morgan fingerprint density at radius 3 is 1.27 bits per heavy atom. The van der Waals surface area contributed by atoms with E-state index in [1.54, 1.807) is 0 Å². The lowest BCUT2D eigenvalue weighted by molar-refractivity contribution is -0.176. The molecule has 9 heteroatoms. The van der Waals surface area contributed by atoms with Crippen molar-refractivity contribution in [3.63, 3.8) is 0 Å². The molecule has 5 N–H and O–H groups in total. The first-order valence-electron chi connectivity index (χ1n) is 18.0. The van der Waals surface area contributed by atoms with Crippen molar-refractivity contribution in [1.82, 2.24) is 5.32 Å². The minimum atomic E-state index is -1.56. The number of Topliss-reactive ketones (excluding diaryl/α,β-unsaturated/α-hetero) is 1. The van der Waals surface area contributed by atoms with E-state index < -0.39 is 35.8 Å². The Balaban J connectivity index is 4.90. The van der Waals surface area contributed by atoms with Crippen LogP contribution < -0.4 is 16.8 Å². The third-order valence-corrected chi connectivity index (χ3v) is 7.91. The molecular formula is C35H67N3O6. The zero-order valence-corrected chi connectivity index (χ0v) is 28.4. The van der Waals surface area contributed by atoms with Crippen LogP contribution in [0.2, 0.25) is 0 Å². The van der Waals surface area contributed by atoms with Crippen molar-refractivity contribution in [3.8, 4) is 0 Å². The molecule has 2 atom stereocenters. The topological polar surface area (TPSA) is 151 Å². The fourth-order valence-electron chi connectivity index (χ4n) is 5.18. The first kappa shape index (κ1) is 42.0. The Labute approximate surface area is 268 Å². The van der Waals surface area contributed by atoms with Gasteiger partial charge >= 0.3 is 11.9 Å². The smallest absolute Gasteiger partial charge is 0.306 e. The van der Waals surface area contributed by atoms with E-state index in [4.69, 9.17) is 20.9 Å². The van der Waals surface area contributed by atoms with Crippen molar-refractivity contribution in [2.75, 3.05) is 19.6 Å². The molecule has 0 spiro atoms. The average Bonchev–Trinajstić information content (AvgIpc) is 3.02. The number of nitrogens with one attached hydrogen (secondary N) is 1. The van der Waals surface area contributed by atoms with E-state index in [-0.39, 0.29) is 38.9 Å². The third-order valence-electron chi connectivity index (χ3n) is 7.91. The molecule has 0 saturated heterocycles. The standard InChI is InChI=1S/C35H67N3O6/c1-3-5-7-9-11-13-15-17-19-21-25-31(40)43-33(30(39)24-23-27-36)34(35(42)38-29-28-37)44-32(41)26-22-20-18-16-14-12-10-8-6-4-2/h33-34H,3-29,36-37H2,1-2H3,(H,38,42)/t33-,34+/m0/s1. The number of unbranched alkanes of at least 4 members (excludes halogenated alkanes) is 18. The highest BCUT2D eigenvalue weighted by Gasteiger charge is 2.39. The Kier molecular flexibility index (Phi) is 29.6. The normalized spacial score (nSPS) is 12.5. The summed E-state index contributed by atoms with van der Waals surface area (Å²) in [5.41, 5.74) is 11.1. The molecule has 0 aromatic rings. The van der Waals surface area contributed by atoms with Gasteiger partial charge in [0, 0.05) is 32.4 Å². The molecule has 258 valence electrons. The van der Waals surface area contributed by atoms with Crippen LogP contribution in [0.1, 0.15) is 168 Å². The first-order chi connectivity index (χ1) is 21.4. The number of esters is 2. The predicted octanol–water partition coefficient (Wildman–Crippen LogP) is 6.81. The molecule has 0 saturated carbocycles. The van der Waals surface area contributed by atoms with E-state index in [0.717, 1.165) is 38.5 Å². The lowest BCUT2D eigenvalue weighted by Gasteiger charge is -2.25. The summed E-state index contributed by atoms with van der Waals surface area (Å²) in [6, 6.07) is 0. The molecule has 44 heavy (non-hydrogen) atoms. The number of rotatable bonds is 32. The summed E-state index contributed by atoms with van der Waals surface area (Å²) in [7, 11) is 0. The van der Waals surface area contributed by atoms with Gasteiger partial charge in [0.15, 0.2) is 5.78 Å². The van der Waals surface area contributed by atoms with Gasteiger partial charge in [-0.15, -0.1) is 0 Å². The van der Waals surface area contributed by atoms with Gasteiger partial charge in [-0.2, -0.15) is 0 Å². The molecule has 0 aliphatic rings. The van der Waals surface area contributed by atoms with Gasteiger partial charge < -0.3 is 26.3 Å². The van der Waals surface area contributed by atoms with Gasteiger partial charge in [-0.05, 0) is 25.8 Å². The molecule has 0 aromatic carbocycles. The van der Waals surface area contributed by atoms with E-state index in [0.29, 0.717) is 19.3 Å². The molecule has 0 unspecified atom stereocenters. The Bertz CT molecular complexity index is 673. The second-order valence-electron chi connectivity index (χ2n) is 12.1. The summed E-state index contributed by atoms with van der Waals surface area (Å²) in [6.07, 6.45) is 20.2. The van der Waals surface area contributed by atoms with Crippen LogP contribution in [0, 0.1) is 0 Å². The van der Waals surface area contributed by atoms with Crippen LogP contribution in [0.25, 0.3) is 0 Å². The van der Waals surface area contributed by atoms with E-state index in [2.05, 4.69) is 19.2 Å². The van der Waals surface area contributed by atoms with Gasteiger partial charge in [-0.1, -0.05) is 129 Å². The molecule has 0 rings (SSSR count). The Hall–Kier alpha value is -2.00. The molecule has 9 nitrogen and oxygen atoms in total. The quantitative estimate of drug-likeness (QED) is 0.0544. The summed E-state index contributed by atoms with van der Waals surface area (Å²) < 4.78 is 11.1. The average molecular weight is 626 g/mol. The number of ketones is 1. The number of carbonyl (C=O) groups excluding carboxylic acids is 4. The van der Waals surface area contributed by atoms with Crippen molar-refractivity contribution in [2.45, 2.75) is 180 Å². The molecule has 0 aliphatic heterocycles. The van der Waals surface area contributed by atoms with Crippen molar-refractivity contribution in [1.29, 1.82) is 0 Å². The van der Waals surface area contributed by atoms with Crippen LogP contribution in [-0.2, 0) is 28.7 Å². The fourth-order valence-corrected chi connectivity index (χ4v) is 5.18. The van der Waals surface area contributed by atoms with Gasteiger partial charge in [0.05, 0.1) is 0 Å². The highest BCUT2D eigenvalue weighted by atomic mass is 16.6. The highest BCUT2D eigenvalue weighted by molar-refractivity contribution is 5.94. The highest BCUT2D eigenvalue weighted by Crippen LogP contribution is 2.17. The van der Waals surface area contributed by atoms with Gasteiger partial charge in [-0.3, -0.25) is 19.2 Å². The van der Waals surface area contributed by atoms with Crippen LogP contribution in [0.4, 0.5) is 0 Å². The van der Waals surface area contributed by atoms with E-state index in [1.165, 1.54) is 77.0 Å². The van der Waals surface area contributed by atoms with Crippen molar-refractivity contribution in [2.24, 2.45) is 11.5 Å². The lowest BCUT2D eigenvalue weighted by Crippen LogP contribution is -2.51. The number of carbonyl (C=O) groups is 4. The summed E-state index contributed by atoms with van der Waals surface area (Å²) in [4.78, 5) is 51.6. The monoisotopic (exact) mass is 626 g/mol. The minimum Gasteiger partial charge on any atom is -0.450 e. The zero-order valence-electron chi connectivity index (χ0n) is 28.4. The van der Waals surface area contributed by atoms with Crippen molar-refractivity contribution < 1.29 is 28.7 Å². The van der Waals surface area contributed by atoms with Crippen LogP contribution >= 0.6 is 0 Å². The van der Waals surface area contributed by atoms with Crippen molar-refractivity contribution >= 4 is 23.6 Å². The molecule has 0 fully saturated rings. The molecule has 1 amide bonds. The molecule has 0 heterocycles. The molecular weight excluding hydrogens is 558 g/mol. The van der Waals surface area contributed by atoms with E-state index in [9.17, 15) is 19.2 Å². The predicted molar refractivity (Wildman–Crippen MR) is 178 cm³/mol. The maximum atomic E-state index is 13.1. The first-order valence-corrected chi connectivity index (χ1v) is 18.0. The van der Waals surface area contributed by atoms with E-state index >= 15 is 0 Å². The zero-order chi connectivity index (χ0) is 32.7. The second-order valence-corrected chi connectivity index (χ2v) is 12.1. The maximum absolute atomic E-state index is 13.1. The van der Waals surface area contributed by atoms with Crippen LogP contribution in [-0.4, -0.2) is 55.5 Å². The number of hydrogen-bond donors (Lipinski definition) is 3. The number of hydrogen-bond acceptors (Lipinski definition) is 8. The number of amides is 1. The van der Waals surface area contributed by atoms with Crippen molar-refractivity contribution in [3.05, 3.63) is 0 Å². The molecule has 0 aromatic heterocycles. The van der Waals surface area contributed by atoms with E-state index in [1.807, 2.05) is 0 Å². The van der Waals surface area contributed by atoms with Gasteiger partial charge in [0.2, 0.25) is 12.2 Å². The van der Waals surface area contributed by atoms with Crippen LogP contribution in [0.3, 0.4) is 0 Å². The fraction of sp³-hybridized carbons (Fsp3) is 0.886.